The fourth-order valence-corrected chi connectivity index (χ4v) is 1.43. The first kappa shape index (κ1) is 12.3. The highest BCUT2D eigenvalue weighted by Gasteiger charge is 2.09. The smallest absolute Gasteiger partial charge is 0.271 e. The highest BCUT2D eigenvalue weighted by atomic mass is 35.5. The third-order valence-corrected chi connectivity index (χ3v) is 2.44. The first-order valence-corrected chi connectivity index (χ1v) is 5.62. The second-order valence-electron chi connectivity index (χ2n) is 3.44. The summed E-state index contributed by atoms with van der Waals surface area (Å²) in [6.45, 7) is 2.36. The standard InChI is InChI=1S/C10H11ClN6O/c1-2-13-10(18)7-3-4-8(15-14-7)17-5-6(11)9(12)16-17/h3-5H,2H2,1H3,(H2,12,16)(H,13,18). The van der Waals surface area contributed by atoms with E-state index in [4.69, 9.17) is 17.3 Å². The molecule has 0 radical (unpaired) electrons. The molecular formula is C10H11ClN6O. The van der Waals surface area contributed by atoms with E-state index in [0.717, 1.165) is 0 Å². The predicted molar refractivity (Wildman–Crippen MR) is 66.6 cm³/mol. The lowest BCUT2D eigenvalue weighted by molar-refractivity contribution is 0.0950. The average Bonchev–Trinajstić information content (AvgIpc) is 2.70. The molecule has 1 amide bonds. The first-order chi connectivity index (χ1) is 8.61. The van der Waals surface area contributed by atoms with Crippen molar-refractivity contribution >= 4 is 23.3 Å². The molecule has 2 rings (SSSR count). The molecule has 0 aliphatic rings. The molecule has 0 unspecified atom stereocenters. The Labute approximate surface area is 108 Å². The number of rotatable bonds is 3. The number of nitrogen functional groups attached to an aromatic ring is 1. The SMILES string of the molecule is CCNC(=O)c1ccc(-n2cc(Cl)c(N)n2)nn1. The number of nitrogens with zero attached hydrogens (tertiary/aromatic N) is 4. The molecule has 18 heavy (non-hydrogen) atoms. The highest BCUT2D eigenvalue weighted by molar-refractivity contribution is 6.32. The average molecular weight is 267 g/mol. The Kier molecular flexibility index (Phi) is 3.42. The zero-order valence-electron chi connectivity index (χ0n) is 9.59. The van der Waals surface area contributed by atoms with Gasteiger partial charge in [0.15, 0.2) is 17.3 Å². The lowest BCUT2D eigenvalue weighted by atomic mass is 10.3. The van der Waals surface area contributed by atoms with Gasteiger partial charge in [0.2, 0.25) is 0 Å². The zero-order chi connectivity index (χ0) is 13.1. The van der Waals surface area contributed by atoms with Gasteiger partial charge in [0.1, 0.15) is 5.02 Å². The Morgan fingerprint density at radius 3 is 2.78 bits per heavy atom. The summed E-state index contributed by atoms with van der Waals surface area (Å²) in [6.07, 6.45) is 1.52. The highest BCUT2D eigenvalue weighted by Crippen LogP contribution is 2.17. The van der Waals surface area contributed by atoms with Crippen molar-refractivity contribution < 1.29 is 4.79 Å². The maximum atomic E-state index is 11.5. The third kappa shape index (κ3) is 2.40. The van der Waals surface area contributed by atoms with Crippen molar-refractivity contribution in [1.82, 2.24) is 25.3 Å². The molecule has 0 atom stereocenters. The Hall–Kier alpha value is -2.15. The van der Waals surface area contributed by atoms with Crippen LogP contribution in [0.2, 0.25) is 5.02 Å². The van der Waals surface area contributed by atoms with Crippen LogP contribution in [0.1, 0.15) is 17.4 Å². The third-order valence-electron chi connectivity index (χ3n) is 2.15. The largest absolute Gasteiger partial charge is 0.381 e. The second kappa shape index (κ2) is 5.01. The van der Waals surface area contributed by atoms with E-state index in [1.54, 1.807) is 12.1 Å². The van der Waals surface area contributed by atoms with Gasteiger partial charge >= 0.3 is 0 Å². The van der Waals surface area contributed by atoms with Crippen LogP contribution in [0, 0.1) is 0 Å². The van der Waals surface area contributed by atoms with E-state index in [1.165, 1.54) is 10.9 Å². The Morgan fingerprint density at radius 2 is 2.28 bits per heavy atom. The summed E-state index contributed by atoms with van der Waals surface area (Å²) in [5, 5.41) is 14.6. The van der Waals surface area contributed by atoms with Crippen LogP contribution in [-0.4, -0.2) is 32.4 Å². The van der Waals surface area contributed by atoms with Gasteiger partial charge < -0.3 is 11.1 Å². The van der Waals surface area contributed by atoms with Crippen LogP contribution >= 0.6 is 11.6 Å². The van der Waals surface area contributed by atoms with Gasteiger partial charge in [0.25, 0.3) is 5.91 Å². The molecule has 2 aromatic heterocycles. The van der Waals surface area contributed by atoms with Crippen LogP contribution in [0.15, 0.2) is 18.3 Å². The number of nitrogens with one attached hydrogen (secondary N) is 1. The number of carbonyl (C=O) groups is 1. The molecule has 0 aliphatic heterocycles. The number of amides is 1. The molecule has 0 saturated carbocycles. The maximum Gasteiger partial charge on any atom is 0.271 e. The van der Waals surface area contributed by atoms with E-state index in [1.807, 2.05) is 6.92 Å². The van der Waals surface area contributed by atoms with Crippen molar-refractivity contribution in [3.05, 3.63) is 29.0 Å². The summed E-state index contributed by atoms with van der Waals surface area (Å²) in [6, 6.07) is 3.17. The van der Waals surface area contributed by atoms with Gasteiger partial charge in [0, 0.05) is 6.54 Å². The van der Waals surface area contributed by atoms with E-state index >= 15 is 0 Å². The molecule has 0 aliphatic carbocycles. The van der Waals surface area contributed by atoms with Gasteiger partial charge in [-0.05, 0) is 19.1 Å². The van der Waals surface area contributed by atoms with Crippen LogP contribution < -0.4 is 11.1 Å². The molecule has 0 spiro atoms. The molecule has 7 nitrogen and oxygen atoms in total. The fourth-order valence-electron chi connectivity index (χ4n) is 1.30. The van der Waals surface area contributed by atoms with E-state index in [2.05, 4.69) is 20.6 Å². The molecule has 0 saturated heterocycles. The minimum atomic E-state index is -0.269. The van der Waals surface area contributed by atoms with Gasteiger partial charge in [-0.3, -0.25) is 4.79 Å². The first-order valence-electron chi connectivity index (χ1n) is 5.24. The fraction of sp³-hybridized carbons (Fsp3) is 0.200. The van der Waals surface area contributed by atoms with Crippen molar-refractivity contribution in [1.29, 1.82) is 0 Å². The molecule has 0 bridgehead atoms. The van der Waals surface area contributed by atoms with Crippen molar-refractivity contribution in [2.24, 2.45) is 0 Å². The Morgan fingerprint density at radius 1 is 1.50 bits per heavy atom. The van der Waals surface area contributed by atoms with Gasteiger partial charge in [-0.1, -0.05) is 11.6 Å². The van der Waals surface area contributed by atoms with Gasteiger partial charge in [-0.2, -0.15) is 0 Å². The van der Waals surface area contributed by atoms with E-state index in [0.29, 0.717) is 17.4 Å². The lowest BCUT2D eigenvalue weighted by Crippen LogP contribution is -2.24. The molecule has 0 aromatic carbocycles. The maximum absolute atomic E-state index is 11.5. The van der Waals surface area contributed by atoms with E-state index < -0.39 is 0 Å². The summed E-state index contributed by atoms with van der Waals surface area (Å²) in [7, 11) is 0. The van der Waals surface area contributed by atoms with Crippen molar-refractivity contribution in [3.63, 3.8) is 0 Å². The summed E-state index contributed by atoms with van der Waals surface area (Å²) >= 11 is 5.78. The quantitative estimate of drug-likeness (QED) is 0.850. The van der Waals surface area contributed by atoms with Gasteiger partial charge in [-0.15, -0.1) is 15.3 Å². The van der Waals surface area contributed by atoms with Crippen LogP contribution in [0.5, 0.6) is 0 Å². The number of aromatic nitrogens is 4. The summed E-state index contributed by atoms with van der Waals surface area (Å²) in [5.74, 6) is 0.377. The van der Waals surface area contributed by atoms with Crippen LogP contribution in [0.3, 0.4) is 0 Å². The Balaban J connectivity index is 2.24. The van der Waals surface area contributed by atoms with Crippen LogP contribution in [-0.2, 0) is 0 Å². The lowest BCUT2D eigenvalue weighted by Gasteiger charge is -2.02. The predicted octanol–water partition coefficient (Wildman–Crippen LogP) is 0.648. The van der Waals surface area contributed by atoms with E-state index in [9.17, 15) is 4.79 Å². The molecule has 0 fully saturated rings. The molecule has 94 valence electrons. The summed E-state index contributed by atoms with van der Waals surface area (Å²) in [5.41, 5.74) is 5.76. The monoisotopic (exact) mass is 266 g/mol. The molecular weight excluding hydrogens is 256 g/mol. The topological polar surface area (TPSA) is 98.7 Å². The molecule has 2 heterocycles. The van der Waals surface area contributed by atoms with Gasteiger partial charge in [0.05, 0.1) is 6.20 Å². The molecule has 2 aromatic rings. The second-order valence-corrected chi connectivity index (χ2v) is 3.85. The van der Waals surface area contributed by atoms with E-state index in [-0.39, 0.29) is 17.4 Å². The molecule has 8 heteroatoms. The van der Waals surface area contributed by atoms with Gasteiger partial charge in [-0.25, -0.2) is 4.68 Å². The molecule has 3 N–H and O–H groups in total. The van der Waals surface area contributed by atoms with Crippen molar-refractivity contribution in [2.75, 3.05) is 12.3 Å². The summed E-state index contributed by atoms with van der Waals surface area (Å²) in [4.78, 5) is 11.5. The number of nitrogens with two attached hydrogens (primary N) is 1. The van der Waals surface area contributed by atoms with Crippen molar-refractivity contribution in [3.8, 4) is 5.82 Å². The Bertz CT molecular complexity index is 545. The number of carbonyl (C=O) groups excluding carboxylic acids is 1. The minimum absolute atomic E-state index is 0.214. The normalized spacial score (nSPS) is 10.3. The van der Waals surface area contributed by atoms with Crippen LogP contribution in [0.4, 0.5) is 5.82 Å². The summed E-state index contributed by atoms with van der Waals surface area (Å²) < 4.78 is 1.40. The van der Waals surface area contributed by atoms with Crippen molar-refractivity contribution in [2.45, 2.75) is 6.92 Å². The number of anilines is 1. The number of halogens is 1. The zero-order valence-corrected chi connectivity index (χ0v) is 10.3. The number of hydrogen-bond donors (Lipinski definition) is 2. The van der Waals surface area contributed by atoms with Crippen LogP contribution in [0.25, 0.3) is 5.82 Å². The number of hydrogen-bond acceptors (Lipinski definition) is 5. The minimum Gasteiger partial charge on any atom is -0.381 e.